The van der Waals surface area contributed by atoms with Gasteiger partial charge in [-0.25, -0.2) is 4.98 Å². The highest BCUT2D eigenvalue weighted by atomic mass is 32.1. The molecule has 21 heavy (non-hydrogen) atoms. The maximum atomic E-state index is 12.7. The molecule has 1 amide bonds. The number of carbonyl (C=O) groups is 1. The number of fused-ring (bicyclic) bond motifs is 1. The van der Waals surface area contributed by atoms with E-state index in [4.69, 9.17) is 10.5 Å². The van der Waals surface area contributed by atoms with Crippen molar-refractivity contribution in [2.24, 2.45) is 5.73 Å². The van der Waals surface area contributed by atoms with Gasteiger partial charge in [-0.05, 0) is 12.5 Å². The highest BCUT2D eigenvalue weighted by molar-refractivity contribution is 7.20. The Morgan fingerprint density at radius 3 is 2.67 bits per heavy atom. The van der Waals surface area contributed by atoms with Crippen molar-refractivity contribution >= 4 is 27.5 Å². The Hall–Kier alpha value is -1.73. The van der Waals surface area contributed by atoms with Crippen molar-refractivity contribution in [1.29, 1.82) is 0 Å². The molecular formula is C14H19N3O3S. The van der Waals surface area contributed by atoms with Crippen molar-refractivity contribution < 1.29 is 9.53 Å². The van der Waals surface area contributed by atoms with E-state index in [0.717, 1.165) is 0 Å². The largest absolute Gasteiger partial charge is 0.383 e. The molecule has 0 saturated heterocycles. The van der Waals surface area contributed by atoms with Gasteiger partial charge in [-0.1, -0.05) is 13.8 Å². The number of primary amides is 1. The number of amides is 1. The van der Waals surface area contributed by atoms with Gasteiger partial charge in [-0.3, -0.25) is 14.2 Å². The number of aromatic nitrogens is 2. The van der Waals surface area contributed by atoms with Gasteiger partial charge in [0.25, 0.3) is 11.5 Å². The molecule has 0 bridgehead atoms. The van der Waals surface area contributed by atoms with Gasteiger partial charge in [0.1, 0.15) is 10.7 Å². The van der Waals surface area contributed by atoms with Crippen LogP contribution in [0.25, 0.3) is 10.2 Å². The van der Waals surface area contributed by atoms with Crippen molar-refractivity contribution in [2.45, 2.75) is 33.2 Å². The van der Waals surface area contributed by atoms with E-state index >= 15 is 0 Å². The van der Waals surface area contributed by atoms with Gasteiger partial charge in [-0.2, -0.15) is 0 Å². The van der Waals surface area contributed by atoms with Crippen LogP contribution in [0.1, 0.15) is 40.8 Å². The summed E-state index contributed by atoms with van der Waals surface area (Å²) < 4.78 is 6.69. The molecule has 114 valence electrons. The van der Waals surface area contributed by atoms with Crippen molar-refractivity contribution in [3.05, 3.63) is 26.6 Å². The molecular weight excluding hydrogens is 290 g/mol. The number of nitrogens with two attached hydrogens (primary N) is 1. The Balaban J connectivity index is 2.79. The number of carbonyl (C=O) groups excluding carboxylic acids is 1. The molecule has 2 heterocycles. The van der Waals surface area contributed by atoms with Gasteiger partial charge in [0, 0.05) is 13.0 Å². The van der Waals surface area contributed by atoms with Crippen molar-refractivity contribution in [3.63, 3.8) is 0 Å². The van der Waals surface area contributed by atoms with Crippen molar-refractivity contribution in [1.82, 2.24) is 9.55 Å². The fourth-order valence-electron chi connectivity index (χ4n) is 2.31. The molecule has 2 aromatic rings. The standard InChI is InChI=1S/C14H19N3O3S/c1-7(2)12-16-13-9(8(3)10(21-13)11(15)18)14(19)17(12)5-6-20-4/h7H,5-6H2,1-4H3,(H2,15,18). The first-order chi connectivity index (χ1) is 9.88. The van der Waals surface area contributed by atoms with Gasteiger partial charge >= 0.3 is 0 Å². The molecule has 0 aliphatic rings. The lowest BCUT2D eigenvalue weighted by Gasteiger charge is -2.14. The minimum Gasteiger partial charge on any atom is -0.383 e. The number of methoxy groups -OCH3 is 1. The molecule has 0 fully saturated rings. The first kappa shape index (κ1) is 15.7. The van der Waals surface area contributed by atoms with Crippen LogP contribution in [0, 0.1) is 6.92 Å². The molecule has 0 unspecified atom stereocenters. The third-order valence-electron chi connectivity index (χ3n) is 3.34. The lowest BCUT2D eigenvalue weighted by molar-refractivity contribution is 0.100. The second-order valence-corrected chi connectivity index (χ2v) is 6.17. The topological polar surface area (TPSA) is 87.2 Å². The summed E-state index contributed by atoms with van der Waals surface area (Å²) in [6.45, 7) is 6.56. The van der Waals surface area contributed by atoms with Crippen LogP contribution in [0.3, 0.4) is 0 Å². The number of thiophene rings is 1. The summed E-state index contributed by atoms with van der Waals surface area (Å²) in [4.78, 5) is 29.7. The number of rotatable bonds is 5. The summed E-state index contributed by atoms with van der Waals surface area (Å²) in [5, 5.41) is 0.481. The van der Waals surface area contributed by atoms with Gasteiger partial charge in [0.05, 0.1) is 23.4 Å². The summed E-state index contributed by atoms with van der Waals surface area (Å²) in [5.74, 6) is 0.268. The normalized spacial score (nSPS) is 11.5. The zero-order chi connectivity index (χ0) is 15.7. The minimum absolute atomic E-state index is 0.0957. The monoisotopic (exact) mass is 309 g/mol. The van der Waals surface area contributed by atoms with E-state index in [2.05, 4.69) is 4.98 Å². The van der Waals surface area contributed by atoms with Crippen LogP contribution in [0.15, 0.2) is 4.79 Å². The summed E-state index contributed by atoms with van der Waals surface area (Å²) in [5.41, 5.74) is 5.83. The maximum Gasteiger partial charge on any atom is 0.262 e. The van der Waals surface area contributed by atoms with E-state index in [1.54, 1.807) is 18.6 Å². The molecule has 0 aromatic carbocycles. The van der Waals surface area contributed by atoms with Crippen LogP contribution in [0.2, 0.25) is 0 Å². The fraction of sp³-hybridized carbons (Fsp3) is 0.500. The molecule has 6 nitrogen and oxygen atoms in total. The molecule has 0 aliphatic carbocycles. The van der Waals surface area contributed by atoms with Gasteiger partial charge in [-0.15, -0.1) is 11.3 Å². The Labute approximate surface area is 126 Å². The Bertz CT molecular complexity index is 746. The van der Waals surface area contributed by atoms with Crippen LogP contribution >= 0.6 is 11.3 Å². The number of nitrogens with zero attached hydrogens (tertiary/aromatic N) is 2. The second-order valence-electron chi connectivity index (χ2n) is 5.17. The van der Waals surface area contributed by atoms with E-state index in [-0.39, 0.29) is 11.5 Å². The third kappa shape index (κ3) is 2.71. The Kier molecular flexibility index (Phi) is 4.43. The van der Waals surface area contributed by atoms with Crippen molar-refractivity contribution in [2.75, 3.05) is 13.7 Å². The predicted octanol–water partition coefficient (Wildman–Crippen LogP) is 1.64. The summed E-state index contributed by atoms with van der Waals surface area (Å²) in [6.07, 6.45) is 0. The first-order valence-corrected chi connectivity index (χ1v) is 7.52. The molecule has 2 aromatic heterocycles. The Morgan fingerprint density at radius 1 is 1.48 bits per heavy atom. The minimum atomic E-state index is -0.524. The first-order valence-electron chi connectivity index (χ1n) is 6.71. The zero-order valence-electron chi connectivity index (χ0n) is 12.6. The van der Waals surface area contributed by atoms with Crippen LogP contribution in [-0.2, 0) is 11.3 Å². The number of aryl methyl sites for hydroxylation is 1. The number of hydrogen-bond donors (Lipinski definition) is 1. The molecule has 2 rings (SSSR count). The Morgan fingerprint density at radius 2 is 2.14 bits per heavy atom. The van der Waals surface area contributed by atoms with E-state index in [0.29, 0.717) is 39.6 Å². The molecule has 2 N–H and O–H groups in total. The van der Waals surface area contributed by atoms with Crippen LogP contribution in [-0.4, -0.2) is 29.2 Å². The highest BCUT2D eigenvalue weighted by Gasteiger charge is 2.21. The molecule has 7 heteroatoms. The summed E-state index contributed by atoms with van der Waals surface area (Å²) in [6, 6.07) is 0. The quantitative estimate of drug-likeness (QED) is 0.909. The van der Waals surface area contributed by atoms with E-state index < -0.39 is 5.91 Å². The van der Waals surface area contributed by atoms with Crippen LogP contribution in [0.4, 0.5) is 0 Å². The van der Waals surface area contributed by atoms with Gasteiger partial charge in [0.15, 0.2) is 0 Å². The molecule has 0 atom stereocenters. The third-order valence-corrected chi connectivity index (χ3v) is 4.54. The fourth-order valence-corrected chi connectivity index (χ4v) is 3.34. The van der Waals surface area contributed by atoms with Crippen LogP contribution < -0.4 is 11.3 Å². The lowest BCUT2D eigenvalue weighted by Crippen LogP contribution is -2.27. The summed E-state index contributed by atoms with van der Waals surface area (Å²) in [7, 11) is 1.59. The van der Waals surface area contributed by atoms with E-state index in [9.17, 15) is 9.59 Å². The zero-order valence-corrected chi connectivity index (χ0v) is 13.4. The average Bonchev–Trinajstić information content (AvgIpc) is 2.75. The SMILES string of the molecule is COCCn1c(C(C)C)nc2sc(C(N)=O)c(C)c2c1=O. The average molecular weight is 309 g/mol. The molecule has 0 spiro atoms. The number of ether oxygens (including phenoxy) is 1. The van der Waals surface area contributed by atoms with Crippen LogP contribution in [0.5, 0.6) is 0 Å². The van der Waals surface area contributed by atoms with E-state index in [1.807, 2.05) is 13.8 Å². The second kappa shape index (κ2) is 5.95. The molecule has 0 saturated carbocycles. The predicted molar refractivity (Wildman–Crippen MR) is 83.1 cm³/mol. The highest BCUT2D eigenvalue weighted by Crippen LogP contribution is 2.28. The molecule has 0 aliphatic heterocycles. The smallest absolute Gasteiger partial charge is 0.262 e. The van der Waals surface area contributed by atoms with Gasteiger partial charge in [0.2, 0.25) is 0 Å². The van der Waals surface area contributed by atoms with E-state index in [1.165, 1.54) is 11.3 Å². The van der Waals surface area contributed by atoms with Gasteiger partial charge < -0.3 is 10.5 Å². The maximum absolute atomic E-state index is 12.7. The lowest BCUT2D eigenvalue weighted by atomic mass is 10.1. The molecule has 0 radical (unpaired) electrons. The summed E-state index contributed by atoms with van der Waals surface area (Å²) >= 11 is 1.18. The number of hydrogen-bond acceptors (Lipinski definition) is 5. The van der Waals surface area contributed by atoms with Crippen molar-refractivity contribution in [3.8, 4) is 0 Å².